The molecule has 184 valence electrons. The minimum absolute atomic E-state index is 0.0328. The molecule has 5 nitrogen and oxygen atoms in total. The Hall–Kier alpha value is -2.11. The average molecular weight is 464 g/mol. The van der Waals surface area contributed by atoms with Crippen LogP contribution >= 0.6 is 0 Å². The molecule has 1 atom stereocenters. The smallest absolute Gasteiger partial charge is 0.320 e. The van der Waals surface area contributed by atoms with Crippen molar-refractivity contribution in [2.45, 2.75) is 68.5 Å². The van der Waals surface area contributed by atoms with E-state index < -0.39 is 0 Å². The molecule has 3 aliphatic carbocycles. The third-order valence-electron chi connectivity index (χ3n) is 9.21. The van der Waals surface area contributed by atoms with E-state index in [4.69, 9.17) is 4.74 Å². The molecule has 0 N–H and O–H groups in total. The zero-order chi connectivity index (χ0) is 23.8. The fraction of sp³-hybridized carbons (Fsp3) is 0.621. The van der Waals surface area contributed by atoms with Crippen molar-refractivity contribution in [3.8, 4) is 0 Å². The minimum atomic E-state index is -0.0328. The molecule has 1 unspecified atom stereocenters. The van der Waals surface area contributed by atoms with Crippen molar-refractivity contribution >= 4 is 6.03 Å². The van der Waals surface area contributed by atoms with Gasteiger partial charge >= 0.3 is 6.03 Å². The molecule has 4 aliphatic rings. The van der Waals surface area contributed by atoms with Crippen molar-refractivity contribution < 1.29 is 9.53 Å². The second-order valence-electron chi connectivity index (χ2n) is 11.2. The molecule has 34 heavy (non-hydrogen) atoms. The van der Waals surface area contributed by atoms with Gasteiger partial charge in [0.15, 0.2) is 0 Å². The molecule has 1 spiro atoms. The molecule has 0 aromatic heterocycles. The van der Waals surface area contributed by atoms with Crippen LogP contribution in [0, 0.1) is 5.92 Å². The average Bonchev–Trinajstić information content (AvgIpc) is 3.08. The van der Waals surface area contributed by atoms with E-state index in [1.165, 1.54) is 30.4 Å². The van der Waals surface area contributed by atoms with Crippen molar-refractivity contribution in [3.63, 3.8) is 0 Å². The lowest BCUT2D eigenvalue weighted by Crippen LogP contribution is -2.56. The summed E-state index contributed by atoms with van der Waals surface area (Å²) in [6, 6.07) is 11.3. The second kappa shape index (κ2) is 9.50. The van der Waals surface area contributed by atoms with Crippen molar-refractivity contribution in [1.82, 2.24) is 14.7 Å². The van der Waals surface area contributed by atoms with Crippen LogP contribution in [0.25, 0.3) is 0 Å². The Bertz CT molecular complexity index is 926. The fourth-order valence-corrected chi connectivity index (χ4v) is 6.67. The summed E-state index contributed by atoms with van der Waals surface area (Å²) >= 11 is 0. The van der Waals surface area contributed by atoms with E-state index in [0.29, 0.717) is 12.5 Å². The number of methoxy groups -OCH3 is 1. The van der Waals surface area contributed by atoms with Crippen LogP contribution < -0.4 is 0 Å². The van der Waals surface area contributed by atoms with Crippen LogP contribution in [0.5, 0.6) is 0 Å². The van der Waals surface area contributed by atoms with Gasteiger partial charge in [0.25, 0.3) is 0 Å². The first-order chi connectivity index (χ1) is 16.5. The maximum atomic E-state index is 13.8. The molecule has 1 aliphatic heterocycles. The van der Waals surface area contributed by atoms with Crippen molar-refractivity contribution in [2.75, 3.05) is 40.8 Å². The molecular formula is C29H41N3O2. The molecule has 1 saturated heterocycles. The lowest BCUT2D eigenvalue weighted by Gasteiger charge is -2.51. The number of amides is 2. The quantitative estimate of drug-likeness (QED) is 0.558. The molecule has 5 rings (SSSR count). The molecule has 1 aromatic carbocycles. The molecule has 5 heteroatoms. The topological polar surface area (TPSA) is 36.0 Å². The van der Waals surface area contributed by atoms with Gasteiger partial charge in [-0.05, 0) is 76.1 Å². The summed E-state index contributed by atoms with van der Waals surface area (Å²) in [5.41, 5.74) is 2.67. The number of hydrogen-bond donors (Lipinski definition) is 0. The zero-order valence-corrected chi connectivity index (χ0v) is 21.2. The zero-order valence-electron chi connectivity index (χ0n) is 21.2. The van der Waals surface area contributed by atoms with Gasteiger partial charge in [0.1, 0.15) is 0 Å². The maximum Gasteiger partial charge on any atom is 0.320 e. The Morgan fingerprint density at radius 1 is 1.09 bits per heavy atom. The van der Waals surface area contributed by atoms with Gasteiger partial charge in [-0.25, -0.2) is 4.79 Å². The molecule has 0 bridgehead atoms. The lowest BCUT2D eigenvalue weighted by atomic mass is 9.68. The Kier molecular flexibility index (Phi) is 6.60. The standard InChI is InChI=1S/C29H41N3O2/c1-30(2)29(25-10-5-4-6-11-25)18-16-28(17-19-29)22-31(20-24-12-14-26(34-3)15-13-24)27(33)32(28)21-23-8-7-9-23/h4-6,10-14,23,26H,7-9,15-22H2,1-3H3/t26?,28-,29+. The van der Waals surface area contributed by atoms with Crippen LogP contribution in [0.4, 0.5) is 4.79 Å². The van der Waals surface area contributed by atoms with E-state index >= 15 is 0 Å². The van der Waals surface area contributed by atoms with Crippen molar-refractivity contribution in [3.05, 3.63) is 59.7 Å². The Balaban J connectivity index is 1.36. The molecule has 1 heterocycles. The number of benzene rings is 1. The largest absolute Gasteiger partial charge is 0.377 e. The third kappa shape index (κ3) is 4.22. The predicted octanol–water partition coefficient (Wildman–Crippen LogP) is 5.20. The molecule has 2 saturated carbocycles. The molecule has 2 amide bonds. The number of urea groups is 1. The Labute approximate surface area is 205 Å². The first-order valence-corrected chi connectivity index (χ1v) is 13.2. The van der Waals surface area contributed by atoms with Gasteiger partial charge in [0, 0.05) is 32.3 Å². The summed E-state index contributed by atoms with van der Waals surface area (Å²) in [5, 5.41) is 0. The monoisotopic (exact) mass is 463 g/mol. The number of ether oxygens (including phenoxy) is 1. The third-order valence-corrected chi connectivity index (χ3v) is 9.21. The van der Waals surface area contributed by atoms with Crippen LogP contribution in [-0.4, -0.2) is 73.2 Å². The fourth-order valence-electron chi connectivity index (χ4n) is 6.67. The van der Waals surface area contributed by atoms with Gasteiger partial charge in [-0.2, -0.15) is 0 Å². The van der Waals surface area contributed by atoms with Gasteiger partial charge in [-0.15, -0.1) is 0 Å². The summed E-state index contributed by atoms with van der Waals surface area (Å²) in [7, 11) is 6.20. The summed E-state index contributed by atoms with van der Waals surface area (Å²) in [4.78, 5) is 20.6. The van der Waals surface area contributed by atoms with E-state index in [1.807, 2.05) is 0 Å². The number of hydrogen-bond acceptors (Lipinski definition) is 3. The summed E-state index contributed by atoms with van der Waals surface area (Å²) in [5.74, 6) is 0.687. The van der Waals surface area contributed by atoms with Crippen LogP contribution in [0.2, 0.25) is 0 Å². The van der Waals surface area contributed by atoms with Gasteiger partial charge < -0.3 is 14.5 Å². The van der Waals surface area contributed by atoms with E-state index in [1.54, 1.807) is 7.11 Å². The number of rotatable bonds is 7. The second-order valence-corrected chi connectivity index (χ2v) is 11.2. The first kappa shape index (κ1) is 23.6. The molecule has 1 aromatic rings. The highest BCUT2D eigenvalue weighted by atomic mass is 16.5. The lowest BCUT2D eigenvalue weighted by molar-refractivity contribution is 0.0160. The number of carbonyl (C=O) groups is 1. The van der Waals surface area contributed by atoms with E-state index in [2.05, 4.69) is 77.4 Å². The summed E-state index contributed by atoms with van der Waals surface area (Å²) in [6.45, 7) is 2.51. The SMILES string of the molecule is COC1C=CC(CN2C[C@]3(CC[C@](c4ccccc4)(N(C)C)CC3)N(CC3CCC3)C2=O)=CC1. The van der Waals surface area contributed by atoms with Gasteiger partial charge in [0.2, 0.25) is 0 Å². The van der Waals surface area contributed by atoms with Crippen molar-refractivity contribution in [2.24, 2.45) is 5.92 Å². The van der Waals surface area contributed by atoms with E-state index in [0.717, 1.165) is 45.2 Å². The van der Waals surface area contributed by atoms with Gasteiger partial charge in [0.05, 0.1) is 11.6 Å². The first-order valence-electron chi connectivity index (χ1n) is 13.2. The molecule has 0 radical (unpaired) electrons. The number of carbonyl (C=O) groups excluding carboxylic acids is 1. The summed E-state index contributed by atoms with van der Waals surface area (Å²) < 4.78 is 5.45. The normalized spacial score (nSPS) is 31.9. The molecule has 3 fully saturated rings. The predicted molar refractivity (Wildman–Crippen MR) is 137 cm³/mol. The van der Waals surface area contributed by atoms with Crippen LogP contribution in [0.3, 0.4) is 0 Å². The van der Waals surface area contributed by atoms with Crippen molar-refractivity contribution in [1.29, 1.82) is 0 Å². The van der Waals surface area contributed by atoms with E-state index in [9.17, 15) is 4.79 Å². The molecular weight excluding hydrogens is 422 g/mol. The van der Waals surface area contributed by atoms with Crippen LogP contribution in [-0.2, 0) is 10.3 Å². The summed E-state index contributed by atoms with van der Waals surface area (Å²) in [6.07, 6.45) is 15.8. The highest BCUT2D eigenvalue weighted by molar-refractivity contribution is 5.79. The van der Waals surface area contributed by atoms with Gasteiger partial charge in [-0.3, -0.25) is 4.90 Å². The minimum Gasteiger partial charge on any atom is -0.377 e. The maximum absolute atomic E-state index is 13.8. The van der Waals surface area contributed by atoms with Crippen LogP contribution in [0.15, 0.2) is 54.1 Å². The van der Waals surface area contributed by atoms with Gasteiger partial charge in [-0.1, -0.05) is 55.0 Å². The Morgan fingerprint density at radius 2 is 1.82 bits per heavy atom. The highest BCUT2D eigenvalue weighted by Gasteiger charge is 2.54. The highest BCUT2D eigenvalue weighted by Crippen LogP contribution is 2.49. The van der Waals surface area contributed by atoms with Crippen LogP contribution in [0.1, 0.15) is 56.9 Å². The van der Waals surface area contributed by atoms with E-state index in [-0.39, 0.29) is 23.2 Å². The Morgan fingerprint density at radius 3 is 2.38 bits per heavy atom. The number of nitrogens with zero attached hydrogens (tertiary/aromatic N) is 3.